The summed E-state index contributed by atoms with van der Waals surface area (Å²) in [6.07, 6.45) is 4.38. The summed E-state index contributed by atoms with van der Waals surface area (Å²) < 4.78 is 33.2. The van der Waals surface area contributed by atoms with Crippen LogP contribution in [0.2, 0.25) is 0 Å². The van der Waals surface area contributed by atoms with Gasteiger partial charge in [0.25, 0.3) is 0 Å². The first kappa shape index (κ1) is 23.4. The summed E-state index contributed by atoms with van der Waals surface area (Å²) in [6.45, 7) is 11.3. The van der Waals surface area contributed by atoms with E-state index in [9.17, 15) is 13.0 Å². The second-order valence-electron chi connectivity index (χ2n) is 8.88. The second-order valence-corrected chi connectivity index (χ2v) is 10.3. The molecule has 3 nitrogen and oxygen atoms in total. The molecule has 3 rings (SSSR count). The molecule has 0 amide bonds. The third-order valence-electron chi connectivity index (χ3n) is 5.86. The molecule has 0 saturated heterocycles. The molecule has 0 unspecified atom stereocenters. The van der Waals surface area contributed by atoms with E-state index in [0.717, 1.165) is 11.1 Å². The third-order valence-corrected chi connectivity index (χ3v) is 6.71. The number of allylic oxidation sites excluding steroid dienone is 1. The second kappa shape index (κ2) is 8.08. The van der Waals surface area contributed by atoms with E-state index in [2.05, 4.69) is 52.8 Å². The van der Waals surface area contributed by atoms with E-state index in [4.69, 9.17) is 0 Å². The van der Waals surface area contributed by atoms with E-state index in [1.165, 1.54) is 41.7 Å². The van der Waals surface area contributed by atoms with Gasteiger partial charge < -0.3 is 4.55 Å². The molecule has 0 aromatic heterocycles. The van der Waals surface area contributed by atoms with Gasteiger partial charge in [-0.25, -0.2) is 8.42 Å². The maximum atomic E-state index is 11.1. The minimum absolute atomic E-state index is 0. The van der Waals surface area contributed by atoms with Gasteiger partial charge in [0.05, 0.1) is 4.90 Å². The van der Waals surface area contributed by atoms with Crippen molar-refractivity contribution in [3.8, 4) is 0 Å². The summed E-state index contributed by atoms with van der Waals surface area (Å²) in [5, 5.41) is 0. The van der Waals surface area contributed by atoms with E-state index in [0.29, 0.717) is 0 Å². The van der Waals surface area contributed by atoms with E-state index in [1.807, 2.05) is 6.08 Å². The first-order valence-corrected chi connectivity index (χ1v) is 10.7. The zero-order chi connectivity index (χ0) is 20.0. The molecule has 0 bridgehead atoms. The molecule has 0 saturated carbocycles. The fourth-order valence-electron chi connectivity index (χ4n) is 3.90. The normalized spacial score (nSPS) is 18.1. The fourth-order valence-corrected chi connectivity index (χ4v) is 4.37. The molecule has 0 heterocycles. The molecule has 0 N–H and O–H groups in total. The van der Waals surface area contributed by atoms with Crippen LogP contribution in [0.25, 0.3) is 11.6 Å². The van der Waals surface area contributed by atoms with Crippen molar-refractivity contribution in [1.29, 1.82) is 0 Å². The minimum Gasteiger partial charge on any atom is -0.744 e. The molecule has 0 fully saturated rings. The molecule has 0 aliphatic heterocycles. The number of rotatable bonds is 3. The average Bonchev–Trinajstić information content (AvgIpc) is 2.58. The molecule has 2 aromatic carbocycles. The van der Waals surface area contributed by atoms with Crippen LogP contribution in [0.15, 0.2) is 47.4 Å². The van der Waals surface area contributed by atoms with Crippen LogP contribution in [0.5, 0.6) is 0 Å². The first-order valence-electron chi connectivity index (χ1n) is 9.30. The van der Waals surface area contributed by atoms with Crippen molar-refractivity contribution >= 4 is 21.8 Å². The van der Waals surface area contributed by atoms with Crippen molar-refractivity contribution in [2.75, 3.05) is 0 Å². The standard InChI is InChI=1S/C23H28O3S.Na/c1-16(14-17-6-9-19(10-7-17)27(24,25)26)18-8-11-20-21(15-18)23(4,5)13-12-22(20,2)3;/h6-11,14-15H,12-13H2,1-5H3,(H,24,25,26);/q;+1/p-1/b16-14-;. The van der Waals surface area contributed by atoms with Crippen molar-refractivity contribution in [3.05, 3.63) is 64.7 Å². The Morgan fingerprint density at radius 2 is 1.46 bits per heavy atom. The summed E-state index contributed by atoms with van der Waals surface area (Å²) in [5.74, 6) is 0. The molecule has 2 aromatic rings. The van der Waals surface area contributed by atoms with Gasteiger partial charge in [-0.2, -0.15) is 0 Å². The van der Waals surface area contributed by atoms with Crippen molar-refractivity contribution < 1.29 is 42.5 Å². The van der Waals surface area contributed by atoms with Gasteiger partial charge in [0.15, 0.2) is 0 Å². The topological polar surface area (TPSA) is 57.2 Å². The quantitative estimate of drug-likeness (QED) is 0.447. The van der Waals surface area contributed by atoms with Crippen molar-refractivity contribution in [2.24, 2.45) is 0 Å². The maximum absolute atomic E-state index is 11.1. The third kappa shape index (κ3) is 4.80. The molecule has 1 aliphatic rings. The molecule has 144 valence electrons. The number of fused-ring (bicyclic) bond motifs is 1. The summed E-state index contributed by atoms with van der Waals surface area (Å²) in [6, 6.07) is 12.8. The van der Waals surface area contributed by atoms with Gasteiger partial charge in [-0.15, -0.1) is 0 Å². The maximum Gasteiger partial charge on any atom is 1.00 e. The molecule has 0 atom stereocenters. The Morgan fingerprint density at radius 1 is 0.929 bits per heavy atom. The number of hydrogen-bond acceptors (Lipinski definition) is 3. The van der Waals surface area contributed by atoms with Gasteiger partial charge in [-0.1, -0.05) is 64.1 Å². The van der Waals surface area contributed by atoms with Crippen molar-refractivity contribution in [2.45, 2.75) is 63.2 Å². The Morgan fingerprint density at radius 3 is 2.00 bits per heavy atom. The Hall–Kier alpha value is -0.910. The van der Waals surface area contributed by atoms with Crippen LogP contribution in [0.3, 0.4) is 0 Å². The molecule has 1 aliphatic carbocycles. The zero-order valence-electron chi connectivity index (χ0n) is 17.7. The molecular weight excluding hydrogens is 379 g/mol. The van der Waals surface area contributed by atoms with Crippen LogP contribution in [0.1, 0.15) is 69.7 Å². The Kier molecular flexibility index (Phi) is 6.74. The average molecular weight is 407 g/mol. The number of benzene rings is 2. The molecule has 5 heteroatoms. The summed E-state index contributed by atoms with van der Waals surface area (Å²) >= 11 is 0. The van der Waals surface area contributed by atoms with Crippen LogP contribution >= 0.6 is 0 Å². The molecule has 0 spiro atoms. The number of hydrogen-bond donors (Lipinski definition) is 0. The largest absolute Gasteiger partial charge is 1.00 e. The Balaban J connectivity index is 0.00000280. The van der Waals surface area contributed by atoms with Crippen LogP contribution in [-0.4, -0.2) is 13.0 Å². The van der Waals surface area contributed by atoms with E-state index in [-0.39, 0.29) is 45.3 Å². The smallest absolute Gasteiger partial charge is 0.744 e. The van der Waals surface area contributed by atoms with Crippen molar-refractivity contribution in [3.63, 3.8) is 0 Å². The van der Waals surface area contributed by atoms with E-state index < -0.39 is 10.1 Å². The van der Waals surface area contributed by atoms with Gasteiger partial charge >= 0.3 is 29.6 Å². The Bertz CT molecular complexity index is 1000. The monoisotopic (exact) mass is 406 g/mol. The predicted molar refractivity (Wildman–Crippen MR) is 110 cm³/mol. The van der Waals surface area contributed by atoms with E-state index in [1.54, 1.807) is 12.1 Å². The van der Waals surface area contributed by atoms with Gasteiger partial charge in [0, 0.05) is 0 Å². The minimum atomic E-state index is -4.41. The van der Waals surface area contributed by atoms with Crippen LogP contribution in [0.4, 0.5) is 0 Å². The van der Waals surface area contributed by atoms with Crippen LogP contribution in [-0.2, 0) is 20.9 Å². The Labute approximate surface area is 191 Å². The van der Waals surface area contributed by atoms with Gasteiger partial charge in [-0.05, 0) is 70.6 Å². The summed E-state index contributed by atoms with van der Waals surface area (Å²) in [5.41, 5.74) is 6.34. The summed E-state index contributed by atoms with van der Waals surface area (Å²) in [4.78, 5) is -0.199. The van der Waals surface area contributed by atoms with Gasteiger partial charge in [0.2, 0.25) is 0 Å². The van der Waals surface area contributed by atoms with Crippen LogP contribution in [0, 0.1) is 0 Å². The first-order chi connectivity index (χ1) is 12.4. The van der Waals surface area contributed by atoms with Gasteiger partial charge in [0.1, 0.15) is 10.1 Å². The van der Waals surface area contributed by atoms with Crippen molar-refractivity contribution in [1.82, 2.24) is 0 Å². The molecular formula is C23H27NaO3S. The van der Waals surface area contributed by atoms with Gasteiger partial charge in [-0.3, -0.25) is 0 Å². The SMILES string of the molecule is C/C(=C/c1ccc(S(=O)(=O)[O-])cc1)c1ccc2c(c1)C(C)(C)CCC2(C)C.[Na+]. The fraction of sp³-hybridized carbons (Fsp3) is 0.391. The zero-order valence-corrected chi connectivity index (χ0v) is 20.5. The molecule has 28 heavy (non-hydrogen) atoms. The predicted octanol–water partition coefficient (Wildman–Crippen LogP) is 2.50. The molecule has 0 radical (unpaired) electrons. The van der Waals surface area contributed by atoms with E-state index >= 15 is 0 Å². The summed E-state index contributed by atoms with van der Waals surface area (Å²) in [7, 11) is -4.41. The van der Waals surface area contributed by atoms with Crippen LogP contribution < -0.4 is 29.6 Å².